The van der Waals surface area contributed by atoms with E-state index in [1.807, 2.05) is 6.92 Å². The maximum atomic E-state index is 12.1. The smallest absolute Gasteiger partial charge is 0.364 e. The normalized spacial score (nSPS) is 22.5. The summed E-state index contributed by atoms with van der Waals surface area (Å²) in [6, 6.07) is 8.68. The monoisotopic (exact) mass is 294 g/mol. The molecule has 0 aromatic heterocycles. The number of rotatable bonds is 5. The van der Waals surface area contributed by atoms with Gasteiger partial charge in [0.05, 0.1) is 13.2 Å². The fraction of sp³-hybridized carbons (Fsp3) is 0.562. The van der Waals surface area contributed by atoms with Crippen LogP contribution < -0.4 is 4.90 Å². The molecule has 1 N–H and O–H groups in total. The summed E-state index contributed by atoms with van der Waals surface area (Å²) < 4.78 is 5.22. The fourth-order valence-corrected chi connectivity index (χ4v) is 3.23. The van der Waals surface area contributed by atoms with Crippen LogP contribution in [0.1, 0.15) is 31.7 Å². The van der Waals surface area contributed by atoms with Gasteiger partial charge < -0.3 is 9.64 Å². The second-order valence-electron chi connectivity index (χ2n) is 5.23. The van der Waals surface area contributed by atoms with Crippen LogP contribution in [0.15, 0.2) is 29.2 Å². The Morgan fingerprint density at radius 3 is 2.75 bits per heavy atom. The Balaban J connectivity index is 2.02. The molecule has 2 rings (SSSR count). The van der Waals surface area contributed by atoms with E-state index in [9.17, 15) is 4.79 Å². The zero-order valence-corrected chi connectivity index (χ0v) is 13.2. The Bertz CT molecular complexity index is 433. The summed E-state index contributed by atoms with van der Waals surface area (Å²) >= 11 is 1.75. The maximum Gasteiger partial charge on any atom is 0.364 e. The zero-order chi connectivity index (χ0) is 14.4. The highest BCUT2D eigenvalue weighted by Crippen LogP contribution is 2.15. The standard InChI is InChI=1S/C16H23NO2S/c1-3-19-16(18)15-6-4-5-11-17(15)12-13-7-9-14(20-2)10-8-13/h7-10,15H,3-6,11-12H2,1-2H3/p+1/t15-/m1/s1. The fourth-order valence-electron chi connectivity index (χ4n) is 2.82. The number of carbonyl (C=O) groups is 1. The number of nitrogens with one attached hydrogen (secondary N) is 1. The van der Waals surface area contributed by atoms with Gasteiger partial charge in [0.1, 0.15) is 6.54 Å². The molecule has 0 bridgehead atoms. The van der Waals surface area contributed by atoms with Crippen molar-refractivity contribution in [2.24, 2.45) is 0 Å². The Labute approximate surface area is 125 Å². The minimum Gasteiger partial charge on any atom is -0.462 e. The summed E-state index contributed by atoms with van der Waals surface area (Å²) in [5.74, 6) is -0.0251. The molecule has 2 atom stereocenters. The summed E-state index contributed by atoms with van der Waals surface area (Å²) in [5, 5.41) is 0. The van der Waals surface area contributed by atoms with Gasteiger partial charge in [-0.05, 0) is 38.2 Å². The minimum absolute atomic E-state index is 0.0175. The van der Waals surface area contributed by atoms with Crippen LogP contribution in [-0.4, -0.2) is 31.4 Å². The summed E-state index contributed by atoms with van der Waals surface area (Å²) in [6.07, 6.45) is 5.38. The second-order valence-corrected chi connectivity index (χ2v) is 6.11. The van der Waals surface area contributed by atoms with Crippen molar-refractivity contribution < 1.29 is 14.4 Å². The lowest BCUT2D eigenvalue weighted by molar-refractivity contribution is -0.935. The number of hydrogen-bond donors (Lipinski definition) is 1. The number of likely N-dealkylation sites (tertiary alicyclic amines) is 1. The van der Waals surface area contributed by atoms with E-state index in [1.165, 1.54) is 21.8 Å². The number of benzene rings is 1. The first kappa shape index (κ1) is 15.4. The second kappa shape index (κ2) is 7.70. The molecule has 0 amide bonds. The number of ether oxygens (including phenoxy) is 1. The molecule has 110 valence electrons. The first-order chi connectivity index (χ1) is 9.74. The molecule has 1 unspecified atom stereocenters. The molecular weight excluding hydrogens is 270 g/mol. The lowest BCUT2D eigenvalue weighted by Crippen LogP contribution is -3.16. The highest BCUT2D eigenvalue weighted by molar-refractivity contribution is 7.98. The molecule has 4 heteroatoms. The van der Waals surface area contributed by atoms with E-state index in [0.29, 0.717) is 6.61 Å². The lowest BCUT2D eigenvalue weighted by Gasteiger charge is -2.30. The highest BCUT2D eigenvalue weighted by Gasteiger charge is 2.33. The Hall–Kier alpha value is -1.00. The first-order valence-corrected chi connectivity index (χ1v) is 8.61. The molecule has 1 fully saturated rings. The number of piperidine rings is 1. The van der Waals surface area contributed by atoms with Crippen LogP contribution in [0.2, 0.25) is 0 Å². The Morgan fingerprint density at radius 1 is 1.35 bits per heavy atom. The van der Waals surface area contributed by atoms with Crippen LogP contribution in [0.4, 0.5) is 0 Å². The van der Waals surface area contributed by atoms with Crippen molar-refractivity contribution in [3.05, 3.63) is 29.8 Å². The van der Waals surface area contributed by atoms with Crippen molar-refractivity contribution >= 4 is 17.7 Å². The SMILES string of the molecule is CCOC(=O)[C@H]1CCCC[NH+]1Cc1ccc(SC)cc1. The molecule has 1 aromatic carbocycles. The van der Waals surface area contributed by atoms with Gasteiger partial charge >= 0.3 is 5.97 Å². The molecule has 1 aromatic rings. The maximum absolute atomic E-state index is 12.1. The van der Waals surface area contributed by atoms with Crippen molar-refractivity contribution in [3.63, 3.8) is 0 Å². The summed E-state index contributed by atoms with van der Waals surface area (Å²) in [7, 11) is 0. The van der Waals surface area contributed by atoms with Gasteiger partial charge in [0, 0.05) is 16.9 Å². The number of quaternary nitrogens is 1. The van der Waals surface area contributed by atoms with Crippen LogP contribution in [0.5, 0.6) is 0 Å². The number of carbonyl (C=O) groups excluding carboxylic acids is 1. The molecule has 1 saturated heterocycles. The molecule has 1 aliphatic rings. The number of thioether (sulfide) groups is 1. The van der Waals surface area contributed by atoms with E-state index in [-0.39, 0.29) is 12.0 Å². The van der Waals surface area contributed by atoms with Crippen molar-refractivity contribution in [1.82, 2.24) is 0 Å². The van der Waals surface area contributed by atoms with Crippen LogP contribution in [0, 0.1) is 0 Å². The van der Waals surface area contributed by atoms with Crippen LogP contribution in [0.25, 0.3) is 0 Å². The quantitative estimate of drug-likeness (QED) is 0.665. The summed E-state index contributed by atoms with van der Waals surface area (Å²) in [6.45, 7) is 4.33. The van der Waals surface area contributed by atoms with Crippen LogP contribution in [-0.2, 0) is 16.1 Å². The van der Waals surface area contributed by atoms with E-state index in [1.54, 1.807) is 11.8 Å². The van der Waals surface area contributed by atoms with Gasteiger partial charge in [-0.25, -0.2) is 4.79 Å². The van der Waals surface area contributed by atoms with E-state index in [2.05, 4.69) is 30.5 Å². The van der Waals surface area contributed by atoms with Crippen LogP contribution in [0.3, 0.4) is 0 Å². The van der Waals surface area contributed by atoms with Gasteiger partial charge in [0.2, 0.25) is 0 Å². The molecular formula is C16H24NO2S+. The molecule has 0 aliphatic carbocycles. The summed E-state index contributed by atoms with van der Waals surface area (Å²) in [5.41, 5.74) is 1.30. The van der Waals surface area contributed by atoms with E-state index >= 15 is 0 Å². The van der Waals surface area contributed by atoms with E-state index in [4.69, 9.17) is 4.74 Å². The largest absolute Gasteiger partial charge is 0.462 e. The van der Waals surface area contributed by atoms with Crippen molar-refractivity contribution in [3.8, 4) is 0 Å². The molecule has 0 saturated carbocycles. The van der Waals surface area contributed by atoms with Crippen molar-refractivity contribution in [2.75, 3.05) is 19.4 Å². The predicted molar refractivity (Wildman–Crippen MR) is 82.0 cm³/mol. The Morgan fingerprint density at radius 2 is 2.10 bits per heavy atom. The van der Waals surface area contributed by atoms with Gasteiger partial charge in [-0.2, -0.15) is 0 Å². The third-order valence-corrected chi connectivity index (χ3v) is 4.64. The lowest BCUT2D eigenvalue weighted by atomic mass is 10.0. The number of esters is 1. The molecule has 1 aliphatic heterocycles. The average Bonchev–Trinajstić information content (AvgIpc) is 2.49. The molecule has 0 radical (unpaired) electrons. The van der Waals surface area contributed by atoms with Gasteiger partial charge in [-0.1, -0.05) is 12.1 Å². The minimum atomic E-state index is -0.0251. The number of hydrogen-bond acceptors (Lipinski definition) is 3. The third kappa shape index (κ3) is 4.00. The Kier molecular flexibility index (Phi) is 5.92. The molecule has 20 heavy (non-hydrogen) atoms. The van der Waals surface area contributed by atoms with Crippen molar-refractivity contribution in [1.29, 1.82) is 0 Å². The van der Waals surface area contributed by atoms with Gasteiger partial charge in [-0.15, -0.1) is 11.8 Å². The average molecular weight is 294 g/mol. The topological polar surface area (TPSA) is 30.7 Å². The van der Waals surface area contributed by atoms with E-state index < -0.39 is 0 Å². The highest BCUT2D eigenvalue weighted by atomic mass is 32.2. The van der Waals surface area contributed by atoms with E-state index in [0.717, 1.165) is 25.9 Å². The first-order valence-electron chi connectivity index (χ1n) is 7.38. The van der Waals surface area contributed by atoms with Gasteiger partial charge in [-0.3, -0.25) is 0 Å². The molecule has 1 heterocycles. The zero-order valence-electron chi connectivity index (χ0n) is 12.4. The van der Waals surface area contributed by atoms with Crippen molar-refractivity contribution in [2.45, 2.75) is 43.7 Å². The molecule has 3 nitrogen and oxygen atoms in total. The summed E-state index contributed by atoms with van der Waals surface area (Å²) in [4.78, 5) is 14.7. The predicted octanol–water partition coefficient (Wildman–Crippen LogP) is 1.91. The van der Waals surface area contributed by atoms with Gasteiger partial charge in [0.25, 0.3) is 0 Å². The van der Waals surface area contributed by atoms with Crippen LogP contribution >= 0.6 is 11.8 Å². The third-order valence-electron chi connectivity index (χ3n) is 3.89. The molecule has 0 spiro atoms. The van der Waals surface area contributed by atoms with Gasteiger partial charge in [0.15, 0.2) is 6.04 Å².